The molecule has 0 bridgehead atoms. The average molecular weight is 354 g/mol. The maximum absolute atomic E-state index is 13.0. The van der Waals surface area contributed by atoms with Crippen LogP contribution in [0.5, 0.6) is 5.75 Å². The molecule has 0 radical (unpaired) electrons. The number of nitrogens with zero attached hydrogens (tertiary/aromatic N) is 3. The number of H-pyrrole nitrogens is 1. The first-order chi connectivity index (χ1) is 12.7. The number of aromatic amines is 1. The van der Waals surface area contributed by atoms with Gasteiger partial charge in [-0.25, -0.2) is 4.98 Å². The number of piperazine rings is 1. The molecule has 4 rings (SSSR count). The van der Waals surface area contributed by atoms with Gasteiger partial charge in [0.25, 0.3) is 0 Å². The second-order valence-electron chi connectivity index (χ2n) is 7.17. The number of hydrogen-bond acceptors (Lipinski definition) is 4. The monoisotopic (exact) mass is 354 g/mol. The largest absolute Gasteiger partial charge is 0.495 e. The first kappa shape index (κ1) is 16.9. The van der Waals surface area contributed by atoms with Gasteiger partial charge in [0.1, 0.15) is 11.6 Å². The Morgan fingerprint density at radius 2 is 2.00 bits per heavy atom. The van der Waals surface area contributed by atoms with E-state index in [1.165, 1.54) is 0 Å². The number of anilines is 1. The first-order valence-electron chi connectivity index (χ1n) is 9.37. The number of aryl methyl sites for hydroxylation is 2. The highest BCUT2D eigenvalue weighted by atomic mass is 16.5. The van der Waals surface area contributed by atoms with E-state index in [2.05, 4.69) is 20.9 Å². The van der Waals surface area contributed by atoms with Gasteiger partial charge < -0.3 is 19.5 Å². The smallest absolute Gasteiger partial charge is 0.226 e. The average Bonchev–Trinajstić information content (AvgIpc) is 3.06. The molecule has 1 fully saturated rings. The van der Waals surface area contributed by atoms with Crippen LogP contribution in [0.2, 0.25) is 0 Å². The molecular weight excluding hydrogens is 328 g/mol. The van der Waals surface area contributed by atoms with E-state index in [1.54, 1.807) is 7.11 Å². The summed E-state index contributed by atoms with van der Waals surface area (Å²) >= 11 is 0. The van der Waals surface area contributed by atoms with E-state index >= 15 is 0 Å². The number of nitrogens with one attached hydrogen (secondary N) is 1. The number of aromatic nitrogens is 2. The molecule has 1 amide bonds. The van der Waals surface area contributed by atoms with E-state index in [9.17, 15) is 4.79 Å². The van der Waals surface area contributed by atoms with Crippen LogP contribution >= 0.6 is 0 Å². The number of ether oxygens (including phenoxy) is 1. The van der Waals surface area contributed by atoms with Gasteiger partial charge in [-0.3, -0.25) is 4.79 Å². The molecule has 138 valence electrons. The van der Waals surface area contributed by atoms with Crippen molar-refractivity contribution in [2.45, 2.75) is 26.2 Å². The Morgan fingerprint density at radius 1 is 1.23 bits per heavy atom. The van der Waals surface area contributed by atoms with Crippen molar-refractivity contribution in [3.63, 3.8) is 0 Å². The fourth-order valence-electron chi connectivity index (χ4n) is 4.15. The minimum absolute atomic E-state index is 0.0835. The Labute approximate surface area is 154 Å². The second-order valence-corrected chi connectivity index (χ2v) is 7.17. The summed E-state index contributed by atoms with van der Waals surface area (Å²) in [5, 5.41) is 0. The summed E-state index contributed by atoms with van der Waals surface area (Å²) in [6.07, 6.45) is 2.60. The number of fused-ring (bicyclic) bond motifs is 1. The molecular formula is C20H26N4O2. The molecule has 0 unspecified atom stereocenters. The van der Waals surface area contributed by atoms with Gasteiger partial charge in [0, 0.05) is 44.2 Å². The minimum Gasteiger partial charge on any atom is -0.495 e. The standard InChI is InChI=1S/C20H26N4O2/c1-14-21-16-8-7-15(13-17(16)22-14)20(25)24-11-9-23(10-12-24)18-5-3-4-6-19(18)26-2/h3-6,15H,7-13H2,1-2H3,(H,21,22)/t15-/m0/s1. The molecule has 1 N–H and O–H groups in total. The third-order valence-corrected chi connectivity index (χ3v) is 5.53. The van der Waals surface area contributed by atoms with Crippen molar-refractivity contribution in [3.8, 4) is 5.75 Å². The molecule has 2 aliphatic rings. The molecule has 0 spiro atoms. The topological polar surface area (TPSA) is 61.5 Å². The lowest BCUT2D eigenvalue weighted by Gasteiger charge is -2.38. The molecule has 1 saturated heterocycles. The van der Waals surface area contributed by atoms with Crippen LogP contribution in [0.1, 0.15) is 23.6 Å². The molecule has 26 heavy (non-hydrogen) atoms. The Morgan fingerprint density at radius 3 is 2.77 bits per heavy atom. The lowest BCUT2D eigenvalue weighted by molar-refractivity contribution is -0.136. The van der Waals surface area contributed by atoms with Crippen LogP contribution in [-0.2, 0) is 17.6 Å². The molecule has 1 atom stereocenters. The van der Waals surface area contributed by atoms with E-state index in [0.29, 0.717) is 5.91 Å². The zero-order valence-corrected chi connectivity index (χ0v) is 15.5. The number of para-hydroxylation sites is 2. The van der Waals surface area contributed by atoms with Crippen molar-refractivity contribution >= 4 is 11.6 Å². The van der Waals surface area contributed by atoms with Gasteiger partial charge >= 0.3 is 0 Å². The predicted octanol–water partition coefficient (Wildman–Crippen LogP) is 2.18. The van der Waals surface area contributed by atoms with Gasteiger partial charge in [-0.2, -0.15) is 0 Å². The third kappa shape index (κ3) is 3.16. The number of hydrogen-bond donors (Lipinski definition) is 1. The van der Waals surface area contributed by atoms with Crippen molar-refractivity contribution in [2.75, 3.05) is 38.2 Å². The lowest BCUT2D eigenvalue weighted by Crippen LogP contribution is -2.51. The molecule has 1 aromatic carbocycles. The Kier molecular flexibility index (Phi) is 4.57. The van der Waals surface area contributed by atoms with E-state index in [4.69, 9.17) is 4.74 Å². The van der Waals surface area contributed by atoms with Crippen molar-refractivity contribution in [1.29, 1.82) is 0 Å². The fourth-order valence-corrected chi connectivity index (χ4v) is 4.15. The normalized spacial score (nSPS) is 20.0. The number of benzene rings is 1. The first-order valence-corrected chi connectivity index (χ1v) is 9.37. The fraction of sp³-hybridized carbons (Fsp3) is 0.500. The molecule has 1 aromatic heterocycles. The number of carbonyl (C=O) groups excluding carboxylic acids is 1. The summed E-state index contributed by atoms with van der Waals surface area (Å²) < 4.78 is 5.47. The molecule has 6 nitrogen and oxygen atoms in total. The van der Waals surface area contributed by atoms with E-state index in [0.717, 1.165) is 74.1 Å². The van der Waals surface area contributed by atoms with Crippen LogP contribution in [0.4, 0.5) is 5.69 Å². The molecule has 2 heterocycles. The van der Waals surface area contributed by atoms with Gasteiger partial charge in [-0.05, 0) is 31.9 Å². The zero-order valence-electron chi connectivity index (χ0n) is 15.5. The number of methoxy groups -OCH3 is 1. The van der Waals surface area contributed by atoms with Crippen molar-refractivity contribution < 1.29 is 9.53 Å². The van der Waals surface area contributed by atoms with E-state index < -0.39 is 0 Å². The molecule has 2 aromatic rings. The summed E-state index contributed by atoms with van der Waals surface area (Å²) in [5.41, 5.74) is 3.41. The summed E-state index contributed by atoms with van der Waals surface area (Å²) in [4.78, 5) is 25.2. The van der Waals surface area contributed by atoms with Crippen LogP contribution in [0.25, 0.3) is 0 Å². The van der Waals surface area contributed by atoms with Gasteiger partial charge in [-0.1, -0.05) is 12.1 Å². The van der Waals surface area contributed by atoms with Crippen LogP contribution in [0.3, 0.4) is 0 Å². The highest BCUT2D eigenvalue weighted by Crippen LogP contribution is 2.29. The van der Waals surface area contributed by atoms with Crippen molar-refractivity contribution in [1.82, 2.24) is 14.9 Å². The van der Waals surface area contributed by atoms with Gasteiger partial charge in [0.2, 0.25) is 5.91 Å². The second kappa shape index (κ2) is 7.02. The maximum Gasteiger partial charge on any atom is 0.226 e. The lowest BCUT2D eigenvalue weighted by atomic mass is 9.88. The van der Waals surface area contributed by atoms with Crippen LogP contribution in [0, 0.1) is 12.8 Å². The number of imidazole rings is 1. The molecule has 6 heteroatoms. The number of carbonyl (C=O) groups is 1. The minimum atomic E-state index is 0.0835. The molecule has 0 saturated carbocycles. The quantitative estimate of drug-likeness (QED) is 0.918. The zero-order chi connectivity index (χ0) is 18.1. The predicted molar refractivity (Wildman–Crippen MR) is 101 cm³/mol. The molecule has 1 aliphatic carbocycles. The van der Waals surface area contributed by atoms with Crippen molar-refractivity contribution in [2.24, 2.45) is 5.92 Å². The van der Waals surface area contributed by atoms with Gasteiger partial charge in [0.05, 0.1) is 18.5 Å². The number of rotatable bonds is 3. The highest BCUT2D eigenvalue weighted by molar-refractivity contribution is 5.80. The Bertz CT molecular complexity index is 793. The summed E-state index contributed by atoms with van der Waals surface area (Å²) in [6, 6.07) is 8.08. The third-order valence-electron chi connectivity index (χ3n) is 5.53. The summed E-state index contributed by atoms with van der Waals surface area (Å²) in [6.45, 7) is 5.19. The number of amides is 1. The Hall–Kier alpha value is -2.50. The SMILES string of the molecule is COc1ccccc1N1CCN(C(=O)[C@H]2CCc3nc(C)[nH]c3C2)CC1. The molecule has 1 aliphatic heterocycles. The van der Waals surface area contributed by atoms with Gasteiger partial charge in [-0.15, -0.1) is 0 Å². The van der Waals surface area contributed by atoms with E-state index in [1.807, 2.05) is 30.0 Å². The van der Waals surface area contributed by atoms with Gasteiger partial charge in [0.15, 0.2) is 0 Å². The maximum atomic E-state index is 13.0. The van der Waals surface area contributed by atoms with Crippen LogP contribution < -0.4 is 9.64 Å². The summed E-state index contributed by atoms with van der Waals surface area (Å²) in [7, 11) is 1.70. The highest BCUT2D eigenvalue weighted by Gasteiger charge is 2.31. The van der Waals surface area contributed by atoms with Crippen LogP contribution in [0.15, 0.2) is 24.3 Å². The Balaban J connectivity index is 1.38. The van der Waals surface area contributed by atoms with Crippen molar-refractivity contribution in [3.05, 3.63) is 41.5 Å². The summed E-state index contributed by atoms with van der Waals surface area (Å²) in [5.74, 6) is 2.22. The van der Waals surface area contributed by atoms with Crippen LogP contribution in [-0.4, -0.2) is 54.1 Å². The van der Waals surface area contributed by atoms with E-state index in [-0.39, 0.29) is 5.92 Å².